The summed E-state index contributed by atoms with van der Waals surface area (Å²) in [5.41, 5.74) is 1.57. The molecule has 1 N–H and O–H groups in total. The van der Waals surface area contributed by atoms with Crippen LogP contribution in [-0.2, 0) is 14.8 Å². The van der Waals surface area contributed by atoms with Crippen molar-refractivity contribution in [3.63, 3.8) is 0 Å². The molecule has 0 saturated heterocycles. The zero-order valence-electron chi connectivity index (χ0n) is 12.8. The molecule has 0 radical (unpaired) electrons. The van der Waals surface area contributed by atoms with E-state index >= 15 is 0 Å². The Morgan fingerprint density at radius 3 is 2.35 bits per heavy atom. The van der Waals surface area contributed by atoms with E-state index in [4.69, 9.17) is 0 Å². The van der Waals surface area contributed by atoms with Gasteiger partial charge in [-0.15, -0.1) is 0 Å². The maximum atomic E-state index is 12.4. The molecule has 23 heavy (non-hydrogen) atoms. The number of para-hydroxylation sites is 1. The molecular weight excluding hydrogens is 380 g/mol. The summed E-state index contributed by atoms with van der Waals surface area (Å²) in [6.07, 6.45) is 0. The van der Waals surface area contributed by atoms with Gasteiger partial charge in [-0.3, -0.25) is 4.79 Å². The molecule has 0 bridgehead atoms. The van der Waals surface area contributed by atoms with Crippen molar-refractivity contribution in [3.8, 4) is 0 Å². The number of hydrogen-bond acceptors (Lipinski definition) is 3. The van der Waals surface area contributed by atoms with Gasteiger partial charge in [0.05, 0.1) is 17.1 Å². The summed E-state index contributed by atoms with van der Waals surface area (Å²) < 4.78 is 26.6. The van der Waals surface area contributed by atoms with Crippen LogP contribution in [0.3, 0.4) is 0 Å². The van der Waals surface area contributed by atoms with Gasteiger partial charge in [-0.1, -0.05) is 29.8 Å². The van der Waals surface area contributed by atoms with Crippen LogP contribution < -0.4 is 5.32 Å². The minimum atomic E-state index is -3.69. The van der Waals surface area contributed by atoms with Gasteiger partial charge in [-0.05, 0) is 47.1 Å². The third kappa shape index (κ3) is 4.40. The van der Waals surface area contributed by atoms with Crippen molar-refractivity contribution >= 4 is 37.5 Å². The Balaban J connectivity index is 2.08. The van der Waals surface area contributed by atoms with Crippen LogP contribution >= 0.6 is 15.9 Å². The van der Waals surface area contributed by atoms with E-state index in [1.165, 1.54) is 19.2 Å². The van der Waals surface area contributed by atoms with Crippen molar-refractivity contribution in [1.29, 1.82) is 0 Å². The summed E-state index contributed by atoms with van der Waals surface area (Å²) in [5.74, 6) is -0.407. The van der Waals surface area contributed by atoms with Crippen LogP contribution in [0.2, 0.25) is 0 Å². The Hall–Kier alpha value is -1.70. The maximum Gasteiger partial charge on any atom is 0.243 e. The first kappa shape index (κ1) is 17.7. The smallest absolute Gasteiger partial charge is 0.243 e. The summed E-state index contributed by atoms with van der Waals surface area (Å²) in [7, 11) is -2.31. The zero-order chi connectivity index (χ0) is 17.0. The molecular formula is C16H17BrN2O3S. The van der Waals surface area contributed by atoms with Crippen molar-refractivity contribution in [2.24, 2.45) is 0 Å². The molecule has 0 unspecified atom stereocenters. The molecule has 5 nitrogen and oxygen atoms in total. The number of rotatable bonds is 5. The number of hydrogen-bond donors (Lipinski definition) is 1. The van der Waals surface area contributed by atoms with Crippen LogP contribution in [0.4, 0.5) is 5.69 Å². The highest BCUT2D eigenvalue weighted by atomic mass is 79.9. The Morgan fingerprint density at radius 2 is 1.74 bits per heavy atom. The van der Waals surface area contributed by atoms with Gasteiger partial charge in [0, 0.05) is 11.5 Å². The SMILES string of the molecule is Cc1ccc(S(=O)(=O)N(C)CC(=O)Nc2ccccc2Br)cc1. The van der Waals surface area contributed by atoms with Gasteiger partial charge in [0.15, 0.2) is 0 Å². The van der Waals surface area contributed by atoms with Gasteiger partial charge in [0.1, 0.15) is 0 Å². The van der Waals surface area contributed by atoms with Gasteiger partial charge in [-0.2, -0.15) is 4.31 Å². The second kappa shape index (κ2) is 7.25. The van der Waals surface area contributed by atoms with E-state index in [9.17, 15) is 13.2 Å². The van der Waals surface area contributed by atoms with Gasteiger partial charge >= 0.3 is 0 Å². The Labute approximate surface area is 144 Å². The lowest BCUT2D eigenvalue weighted by Gasteiger charge is -2.17. The monoisotopic (exact) mass is 396 g/mol. The number of nitrogens with zero attached hydrogens (tertiary/aromatic N) is 1. The minimum absolute atomic E-state index is 0.166. The normalized spacial score (nSPS) is 11.5. The number of nitrogens with one attached hydrogen (secondary N) is 1. The summed E-state index contributed by atoms with van der Waals surface area (Å²) in [6, 6.07) is 13.7. The number of amides is 1. The molecule has 0 heterocycles. The molecule has 0 aromatic heterocycles. The molecule has 0 spiro atoms. The second-order valence-electron chi connectivity index (χ2n) is 5.10. The lowest BCUT2D eigenvalue weighted by molar-refractivity contribution is -0.116. The summed E-state index contributed by atoms with van der Waals surface area (Å²) >= 11 is 3.33. The number of aryl methyl sites for hydroxylation is 1. The van der Waals surface area contributed by atoms with E-state index in [1.807, 2.05) is 13.0 Å². The number of carbonyl (C=O) groups excluding carboxylic acids is 1. The molecule has 2 aromatic rings. The van der Waals surface area contributed by atoms with Crippen molar-refractivity contribution in [2.45, 2.75) is 11.8 Å². The van der Waals surface area contributed by atoms with Crippen molar-refractivity contribution < 1.29 is 13.2 Å². The van der Waals surface area contributed by atoms with Crippen molar-refractivity contribution in [2.75, 3.05) is 18.9 Å². The molecule has 2 aromatic carbocycles. The molecule has 0 atom stereocenters. The van der Waals surface area contributed by atoms with E-state index in [0.29, 0.717) is 5.69 Å². The molecule has 2 rings (SSSR count). The van der Waals surface area contributed by atoms with Crippen LogP contribution in [-0.4, -0.2) is 32.2 Å². The summed E-state index contributed by atoms with van der Waals surface area (Å²) in [6.45, 7) is 1.61. The lowest BCUT2D eigenvalue weighted by atomic mass is 10.2. The van der Waals surface area contributed by atoms with Crippen LogP contribution in [0.25, 0.3) is 0 Å². The highest BCUT2D eigenvalue weighted by molar-refractivity contribution is 9.10. The van der Waals surface area contributed by atoms with E-state index in [0.717, 1.165) is 14.3 Å². The number of sulfonamides is 1. The number of likely N-dealkylation sites (N-methyl/N-ethyl adjacent to an activating group) is 1. The number of anilines is 1. The molecule has 0 aliphatic carbocycles. The molecule has 0 fully saturated rings. The average Bonchev–Trinajstić information content (AvgIpc) is 2.50. The van der Waals surface area contributed by atoms with E-state index in [1.54, 1.807) is 30.3 Å². The molecule has 1 amide bonds. The topological polar surface area (TPSA) is 66.5 Å². The zero-order valence-corrected chi connectivity index (χ0v) is 15.2. The molecule has 122 valence electrons. The largest absolute Gasteiger partial charge is 0.324 e. The fourth-order valence-electron chi connectivity index (χ4n) is 1.93. The molecule has 7 heteroatoms. The van der Waals surface area contributed by atoms with Gasteiger partial charge in [-0.25, -0.2) is 8.42 Å². The Morgan fingerprint density at radius 1 is 1.13 bits per heavy atom. The second-order valence-corrected chi connectivity index (χ2v) is 8.00. The molecule has 0 saturated carbocycles. The van der Waals surface area contributed by atoms with Crippen molar-refractivity contribution in [1.82, 2.24) is 4.31 Å². The first-order valence-corrected chi connectivity index (χ1v) is 9.11. The van der Waals surface area contributed by atoms with Gasteiger partial charge < -0.3 is 5.32 Å². The number of carbonyl (C=O) groups is 1. The van der Waals surface area contributed by atoms with Crippen LogP contribution in [0.15, 0.2) is 57.9 Å². The van der Waals surface area contributed by atoms with Crippen molar-refractivity contribution in [3.05, 3.63) is 58.6 Å². The third-order valence-corrected chi connectivity index (χ3v) is 5.75. The maximum absolute atomic E-state index is 12.4. The van der Waals surface area contributed by atoms with Gasteiger partial charge in [0.2, 0.25) is 15.9 Å². The van der Waals surface area contributed by atoms with Crippen LogP contribution in [0.1, 0.15) is 5.56 Å². The highest BCUT2D eigenvalue weighted by Gasteiger charge is 2.23. The molecule has 0 aliphatic heterocycles. The fourth-order valence-corrected chi connectivity index (χ4v) is 3.44. The van der Waals surface area contributed by atoms with Gasteiger partial charge in [0.25, 0.3) is 0 Å². The first-order valence-electron chi connectivity index (χ1n) is 6.88. The summed E-state index contributed by atoms with van der Waals surface area (Å²) in [4.78, 5) is 12.2. The lowest BCUT2D eigenvalue weighted by Crippen LogP contribution is -2.35. The Bertz CT molecular complexity index is 804. The van der Waals surface area contributed by atoms with Crippen LogP contribution in [0.5, 0.6) is 0 Å². The van der Waals surface area contributed by atoms with E-state index < -0.39 is 15.9 Å². The number of benzene rings is 2. The van der Waals surface area contributed by atoms with Crippen LogP contribution in [0, 0.1) is 6.92 Å². The first-order chi connectivity index (χ1) is 10.8. The quantitative estimate of drug-likeness (QED) is 0.844. The number of halogens is 1. The average molecular weight is 397 g/mol. The van der Waals surface area contributed by atoms with E-state index in [-0.39, 0.29) is 11.4 Å². The molecule has 0 aliphatic rings. The minimum Gasteiger partial charge on any atom is -0.324 e. The Kier molecular flexibility index (Phi) is 5.56. The standard InChI is InChI=1S/C16H17BrN2O3S/c1-12-7-9-13(10-8-12)23(21,22)19(2)11-16(20)18-15-6-4-3-5-14(15)17/h3-10H,11H2,1-2H3,(H,18,20). The summed E-state index contributed by atoms with van der Waals surface area (Å²) in [5, 5.41) is 2.68. The fraction of sp³-hybridized carbons (Fsp3) is 0.188. The highest BCUT2D eigenvalue weighted by Crippen LogP contribution is 2.21. The third-order valence-electron chi connectivity index (χ3n) is 3.24. The predicted octanol–water partition coefficient (Wildman–Crippen LogP) is 3.02. The van der Waals surface area contributed by atoms with E-state index in [2.05, 4.69) is 21.2 Å². The predicted molar refractivity (Wildman–Crippen MR) is 93.8 cm³/mol.